The summed E-state index contributed by atoms with van der Waals surface area (Å²) < 4.78 is 28.1. The van der Waals surface area contributed by atoms with E-state index in [9.17, 15) is 13.2 Å². The fourth-order valence-electron chi connectivity index (χ4n) is 3.18. The molecule has 0 radical (unpaired) electrons. The maximum Gasteiger partial charge on any atom is 0.257 e. The monoisotopic (exact) mass is 412 g/mol. The predicted molar refractivity (Wildman–Crippen MR) is 113 cm³/mol. The average molecular weight is 413 g/mol. The standard InChI is InChI=1S/C21H24N4O3S/c1-14-9-10-17(13-19(14)29(27,28)24(4)5)23-21(26)18-12-15(2)25(16(18)3)20-8-6-7-11-22-20/h6-13H,1-5H3,(H,23,26). The normalized spacial score (nSPS) is 11.7. The maximum absolute atomic E-state index is 12.9. The zero-order valence-corrected chi connectivity index (χ0v) is 17.9. The van der Waals surface area contributed by atoms with Gasteiger partial charge in [0, 0.05) is 37.4 Å². The summed E-state index contributed by atoms with van der Waals surface area (Å²) in [5.74, 6) is 0.425. The Balaban J connectivity index is 1.95. The molecule has 0 atom stereocenters. The summed E-state index contributed by atoms with van der Waals surface area (Å²) in [5.41, 5.74) is 3.18. The molecule has 7 nitrogen and oxygen atoms in total. The molecule has 0 fully saturated rings. The van der Waals surface area contributed by atoms with Crippen molar-refractivity contribution in [1.29, 1.82) is 0 Å². The van der Waals surface area contributed by atoms with Crippen LogP contribution >= 0.6 is 0 Å². The predicted octanol–water partition coefficient (Wildman–Crippen LogP) is 3.30. The highest BCUT2D eigenvalue weighted by molar-refractivity contribution is 7.89. The van der Waals surface area contributed by atoms with Crippen LogP contribution in [0.5, 0.6) is 0 Å². The zero-order valence-electron chi connectivity index (χ0n) is 17.1. The van der Waals surface area contributed by atoms with Crippen LogP contribution in [0.3, 0.4) is 0 Å². The fraction of sp³-hybridized carbons (Fsp3) is 0.238. The maximum atomic E-state index is 12.9. The Kier molecular flexibility index (Phi) is 5.59. The van der Waals surface area contributed by atoms with Crippen molar-refractivity contribution < 1.29 is 13.2 Å². The number of rotatable bonds is 5. The van der Waals surface area contributed by atoms with Gasteiger partial charge < -0.3 is 9.88 Å². The lowest BCUT2D eigenvalue weighted by atomic mass is 10.2. The van der Waals surface area contributed by atoms with Crippen LogP contribution in [0.4, 0.5) is 5.69 Å². The van der Waals surface area contributed by atoms with E-state index < -0.39 is 10.0 Å². The van der Waals surface area contributed by atoms with Gasteiger partial charge in [0.2, 0.25) is 10.0 Å². The fourth-order valence-corrected chi connectivity index (χ4v) is 4.33. The van der Waals surface area contributed by atoms with E-state index in [1.54, 1.807) is 31.3 Å². The summed E-state index contributed by atoms with van der Waals surface area (Å²) in [6.07, 6.45) is 1.70. The molecule has 2 heterocycles. The Labute approximate surface area is 171 Å². The number of pyridine rings is 1. The first-order valence-corrected chi connectivity index (χ1v) is 10.5. The number of sulfonamides is 1. The van der Waals surface area contributed by atoms with Gasteiger partial charge in [-0.2, -0.15) is 0 Å². The van der Waals surface area contributed by atoms with Crippen LogP contribution in [-0.2, 0) is 10.0 Å². The van der Waals surface area contributed by atoms with Crippen molar-refractivity contribution >= 4 is 21.6 Å². The van der Waals surface area contributed by atoms with Crippen molar-refractivity contribution in [2.75, 3.05) is 19.4 Å². The lowest BCUT2D eigenvalue weighted by molar-refractivity contribution is 0.102. The Hall–Kier alpha value is -2.97. The number of carbonyl (C=O) groups excluding carboxylic acids is 1. The van der Waals surface area contributed by atoms with Crippen molar-refractivity contribution in [2.45, 2.75) is 25.7 Å². The molecule has 0 saturated heterocycles. The number of carbonyl (C=O) groups is 1. The van der Waals surface area contributed by atoms with Crippen LogP contribution in [0.1, 0.15) is 27.3 Å². The van der Waals surface area contributed by atoms with E-state index in [2.05, 4.69) is 10.3 Å². The summed E-state index contributed by atoms with van der Waals surface area (Å²) in [5, 5.41) is 2.81. The van der Waals surface area contributed by atoms with Crippen LogP contribution in [-0.4, -0.2) is 42.3 Å². The van der Waals surface area contributed by atoms with Gasteiger partial charge in [-0.3, -0.25) is 4.79 Å². The highest BCUT2D eigenvalue weighted by atomic mass is 32.2. The molecule has 1 N–H and O–H groups in total. The molecular weight excluding hydrogens is 388 g/mol. The van der Waals surface area contributed by atoms with E-state index in [0.717, 1.165) is 21.5 Å². The van der Waals surface area contributed by atoms with E-state index in [1.807, 2.05) is 36.6 Å². The van der Waals surface area contributed by atoms with E-state index in [-0.39, 0.29) is 10.8 Å². The van der Waals surface area contributed by atoms with Crippen LogP contribution < -0.4 is 5.32 Å². The van der Waals surface area contributed by atoms with Gasteiger partial charge in [-0.05, 0) is 56.7 Å². The van der Waals surface area contributed by atoms with Crippen LogP contribution in [0.2, 0.25) is 0 Å². The first-order chi connectivity index (χ1) is 13.6. The second kappa shape index (κ2) is 7.81. The molecule has 0 spiro atoms. The summed E-state index contributed by atoms with van der Waals surface area (Å²) in [6, 6.07) is 12.3. The average Bonchev–Trinajstić information content (AvgIpc) is 2.98. The molecule has 152 valence electrons. The van der Waals surface area contributed by atoms with Crippen molar-refractivity contribution in [3.8, 4) is 5.82 Å². The zero-order chi connectivity index (χ0) is 21.3. The number of nitrogens with zero attached hydrogens (tertiary/aromatic N) is 3. The lowest BCUT2D eigenvalue weighted by Gasteiger charge is -2.15. The molecule has 0 unspecified atom stereocenters. The molecule has 1 aromatic carbocycles. The molecule has 0 aliphatic rings. The Bertz CT molecular complexity index is 1170. The van der Waals surface area contributed by atoms with Gasteiger partial charge in [0.1, 0.15) is 5.82 Å². The summed E-state index contributed by atoms with van der Waals surface area (Å²) in [6.45, 7) is 5.49. The van der Waals surface area contributed by atoms with Gasteiger partial charge in [0.15, 0.2) is 0 Å². The molecule has 0 bridgehead atoms. The van der Waals surface area contributed by atoms with Gasteiger partial charge in [0.05, 0.1) is 10.5 Å². The Morgan fingerprint density at radius 1 is 1.07 bits per heavy atom. The van der Waals surface area contributed by atoms with Crippen LogP contribution in [0, 0.1) is 20.8 Å². The number of hydrogen-bond acceptors (Lipinski definition) is 4. The van der Waals surface area contributed by atoms with Gasteiger partial charge in [-0.1, -0.05) is 12.1 Å². The molecule has 3 aromatic rings. The van der Waals surface area contributed by atoms with E-state index >= 15 is 0 Å². The SMILES string of the molecule is Cc1ccc(NC(=O)c2cc(C)n(-c3ccccn3)c2C)cc1S(=O)(=O)N(C)C. The second-order valence-electron chi connectivity index (χ2n) is 7.03. The molecule has 0 aliphatic heterocycles. The Morgan fingerprint density at radius 2 is 1.79 bits per heavy atom. The van der Waals surface area contributed by atoms with Crippen molar-refractivity contribution in [2.24, 2.45) is 0 Å². The number of benzene rings is 1. The van der Waals surface area contributed by atoms with Gasteiger partial charge in [-0.25, -0.2) is 17.7 Å². The smallest absolute Gasteiger partial charge is 0.257 e. The van der Waals surface area contributed by atoms with Crippen molar-refractivity contribution in [3.05, 3.63) is 71.2 Å². The topological polar surface area (TPSA) is 84.3 Å². The van der Waals surface area contributed by atoms with Gasteiger partial charge in [0.25, 0.3) is 5.91 Å². The summed E-state index contributed by atoms with van der Waals surface area (Å²) >= 11 is 0. The molecule has 0 saturated carbocycles. The third-order valence-electron chi connectivity index (χ3n) is 4.76. The molecule has 3 rings (SSSR count). The highest BCUT2D eigenvalue weighted by Crippen LogP contribution is 2.24. The first kappa shape index (κ1) is 20.8. The van der Waals surface area contributed by atoms with Crippen LogP contribution in [0.25, 0.3) is 5.82 Å². The van der Waals surface area contributed by atoms with E-state index in [1.165, 1.54) is 20.2 Å². The molecule has 1 amide bonds. The van der Waals surface area contributed by atoms with E-state index in [0.29, 0.717) is 16.8 Å². The third kappa shape index (κ3) is 3.94. The second-order valence-corrected chi connectivity index (χ2v) is 9.15. The van der Waals surface area contributed by atoms with Crippen molar-refractivity contribution in [1.82, 2.24) is 13.9 Å². The van der Waals surface area contributed by atoms with E-state index in [4.69, 9.17) is 0 Å². The molecule has 8 heteroatoms. The number of aryl methyl sites for hydroxylation is 2. The number of hydrogen-bond donors (Lipinski definition) is 1. The van der Waals surface area contributed by atoms with Gasteiger partial charge in [-0.15, -0.1) is 0 Å². The number of aromatic nitrogens is 2. The summed E-state index contributed by atoms with van der Waals surface area (Å²) in [4.78, 5) is 17.4. The summed E-state index contributed by atoms with van der Waals surface area (Å²) in [7, 11) is -0.650. The minimum absolute atomic E-state index is 0.166. The largest absolute Gasteiger partial charge is 0.322 e. The van der Waals surface area contributed by atoms with Crippen LogP contribution in [0.15, 0.2) is 53.6 Å². The molecule has 0 aliphatic carbocycles. The quantitative estimate of drug-likeness (QED) is 0.697. The minimum atomic E-state index is -3.61. The lowest BCUT2D eigenvalue weighted by Crippen LogP contribution is -2.23. The third-order valence-corrected chi connectivity index (χ3v) is 6.72. The first-order valence-electron chi connectivity index (χ1n) is 9.08. The van der Waals surface area contributed by atoms with Crippen molar-refractivity contribution in [3.63, 3.8) is 0 Å². The molecular formula is C21H24N4O3S. The molecule has 2 aromatic heterocycles. The number of amides is 1. The number of nitrogens with one attached hydrogen (secondary N) is 1. The van der Waals surface area contributed by atoms with Gasteiger partial charge >= 0.3 is 0 Å². The minimum Gasteiger partial charge on any atom is -0.322 e. The molecule has 29 heavy (non-hydrogen) atoms. The highest BCUT2D eigenvalue weighted by Gasteiger charge is 2.22. The Morgan fingerprint density at radius 3 is 2.41 bits per heavy atom. The number of anilines is 1.